The number of carbonyl (C=O) groups excluding carboxylic acids is 3. The van der Waals surface area contributed by atoms with Crippen LogP contribution in [0.1, 0.15) is 19.3 Å². The Hall–Kier alpha value is -1.67. The number of amides is 4. The summed E-state index contributed by atoms with van der Waals surface area (Å²) in [6.07, 6.45) is 1.78. The lowest BCUT2D eigenvalue weighted by Gasteiger charge is -2.35. The summed E-state index contributed by atoms with van der Waals surface area (Å²) in [6, 6.07) is -0.489. The van der Waals surface area contributed by atoms with Crippen molar-refractivity contribution in [2.45, 2.75) is 25.4 Å². The molecule has 0 aromatic heterocycles. The van der Waals surface area contributed by atoms with E-state index < -0.39 is 6.03 Å². The van der Waals surface area contributed by atoms with Gasteiger partial charge in [-0.15, -0.1) is 0 Å². The van der Waals surface area contributed by atoms with Gasteiger partial charge in [0.1, 0.15) is 6.10 Å². The van der Waals surface area contributed by atoms with Gasteiger partial charge in [0.05, 0.1) is 0 Å². The van der Waals surface area contributed by atoms with Crippen LogP contribution < -0.4 is 10.6 Å². The predicted octanol–water partition coefficient (Wildman–Crippen LogP) is -0.845. The summed E-state index contributed by atoms with van der Waals surface area (Å²) in [5.74, 6) is -0.202. The third kappa shape index (κ3) is 4.67. The molecule has 0 radical (unpaired) electrons. The van der Waals surface area contributed by atoms with E-state index in [0.717, 1.165) is 25.9 Å². The van der Waals surface area contributed by atoms with Gasteiger partial charge >= 0.3 is 6.03 Å². The number of hydrogen-bond donors (Lipinski definition) is 2. The molecule has 2 fully saturated rings. The van der Waals surface area contributed by atoms with Gasteiger partial charge in [0.25, 0.3) is 5.91 Å². The average molecular weight is 312 g/mol. The largest absolute Gasteiger partial charge is 0.368 e. The first kappa shape index (κ1) is 16.7. The highest BCUT2D eigenvalue weighted by Gasteiger charge is 2.30. The van der Waals surface area contributed by atoms with Crippen molar-refractivity contribution in [2.75, 3.05) is 46.4 Å². The summed E-state index contributed by atoms with van der Waals surface area (Å²) in [5, 5.41) is 4.57. The highest BCUT2D eigenvalue weighted by atomic mass is 16.5. The fraction of sp³-hybridized carbons (Fsp3) is 0.786. The van der Waals surface area contributed by atoms with Gasteiger partial charge in [-0.25, -0.2) is 4.79 Å². The molecule has 0 aromatic carbocycles. The van der Waals surface area contributed by atoms with Gasteiger partial charge in [-0.05, 0) is 12.8 Å². The molecule has 0 bridgehead atoms. The van der Waals surface area contributed by atoms with Crippen LogP contribution in [0, 0.1) is 0 Å². The number of hydrogen-bond acceptors (Lipinski definition) is 5. The number of carbonyl (C=O) groups is 3. The maximum absolute atomic E-state index is 12.2. The summed E-state index contributed by atoms with van der Waals surface area (Å²) in [7, 11) is 1.47. The van der Waals surface area contributed by atoms with Gasteiger partial charge in [0.15, 0.2) is 0 Å². The zero-order chi connectivity index (χ0) is 15.9. The molecule has 8 heteroatoms. The molecule has 0 aliphatic carbocycles. The van der Waals surface area contributed by atoms with Gasteiger partial charge in [-0.1, -0.05) is 0 Å². The Balaban J connectivity index is 1.65. The fourth-order valence-corrected chi connectivity index (χ4v) is 2.68. The maximum atomic E-state index is 12.2. The van der Waals surface area contributed by atoms with E-state index in [0.29, 0.717) is 26.2 Å². The lowest BCUT2D eigenvalue weighted by Crippen LogP contribution is -2.51. The Kier molecular flexibility index (Phi) is 6.14. The van der Waals surface area contributed by atoms with Crippen LogP contribution in [-0.4, -0.2) is 80.1 Å². The molecule has 0 saturated carbocycles. The average Bonchev–Trinajstić information content (AvgIpc) is 3.07. The zero-order valence-corrected chi connectivity index (χ0v) is 13.0. The summed E-state index contributed by atoms with van der Waals surface area (Å²) in [6.45, 7) is 4.07. The maximum Gasteiger partial charge on any atom is 0.321 e. The summed E-state index contributed by atoms with van der Waals surface area (Å²) >= 11 is 0. The highest BCUT2D eigenvalue weighted by Crippen LogP contribution is 2.16. The van der Waals surface area contributed by atoms with E-state index in [-0.39, 0.29) is 24.3 Å². The number of imide groups is 1. The molecule has 2 rings (SSSR count). The van der Waals surface area contributed by atoms with E-state index in [2.05, 4.69) is 15.5 Å². The van der Waals surface area contributed by atoms with Crippen molar-refractivity contribution in [3.63, 3.8) is 0 Å². The molecule has 2 aliphatic rings. The number of urea groups is 1. The summed E-state index contributed by atoms with van der Waals surface area (Å²) in [4.78, 5) is 38.7. The Labute approximate surface area is 130 Å². The van der Waals surface area contributed by atoms with E-state index >= 15 is 0 Å². The van der Waals surface area contributed by atoms with Crippen LogP contribution in [0.3, 0.4) is 0 Å². The van der Waals surface area contributed by atoms with Gasteiger partial charge in [-0.3, -0.25) is 19.8 Å². The lowest BCUT2D eigenvalue weighted by atomic mass is 10.2. The lowest BCUT2D eigenvalue weighted by molar-refractivity contribution is -0.142. The molecule has 2 saturated heterocycles. The molecule has 22 heavy (non-hydrogen) atoms. The van der Waals surface area contributed by atoms with Crippen molar-refractivity contribution < 1.29 is 19.1 Å². The van der Waals surface area contributed by atoms with Crippen molar-refractivity contribution in [1.29, 1.82) is 0 Å². The first-order chi connectivity index (χ1) is 10.6. The SMILES string of the molecule is CNC(=O)NC(=O)CCN1CCN(C(=O)[C@@H]2CCCO2)CC1. The molecule has 124 valence electrons. The predicted molar refractivity (Wildman–Crippen MR) is 79.2 cm³/mol. The van der Waals surface area contributed by atoms with Crippen molar-refractivity contribution in [1.82, 2.24) is 20.4 Å². The minimum atomic E-state index is -0.489. The molecule has 8 nitrogen and oxygen atoms in total. The van der Waals surface area contributed by atoms with Gasteiger partial charge in [0.2, 0.25) is 5.91 Å². The van der Waals surface area contributed by atoms with Crippen LogP contribution in [0.5, 0.6) is 0 Å². The standard InChI is InChI=1S/C14H24N4O4/c1-15-14(21)16-12(19)4-5-17-6-8-18(9-7-17)13(20)11-3-2-10-22-11/h11H,2-10H2,1H3,(H2,15,16,19,21)/t11-/m0/s1. The smallest absolute Gasteiger partial charge is 0.321 e. The first-order valence-electron chi connectivity index (χ1n) is 7.74. The number of nitrogens with zero attached hydrogens (tertiary/aromatic N) is 2. The van der Waals surface area contributed by atoms with Crippen molar-refractivity contribution >= 4 is 17.8 Å². The summed E-state index contributed by atoms with van der Waals surface area (Å²) < 4.78 is 5.43. The highest BCUT2D eigenvalue weighted by molar-refractivity contribution is 5.94. The second-order valence-electron chi connectivity index (χ2n) is 5.55. The molecule has 0 unspecified atom stereocenters. The van der Waals surface area contributed by atoms with E-state index in [9.17, 15) is 14.4 Å². The second-order valence-corrected chi connectivity index (χ2v) is 5.55. The van der Waals surface area contributed by atoms with Gasteiger partial charge < -0.3 is 15.0 Å². The van der Waals surface area contributed by atoms with Crippen LogP contribution in [0.25, 0.3) is 0 Å². The van der Waals surface area contributed by atoms with Crippen molar-refractivity contribution in [3.05, 3.63) is 0 Å². The molecular weight excluding hydrogens is 288 g/mol. The summed E-state index contributed by atoms with van der Waals surface area (Å²) in [5.41, 5.74) is 0. The zero-order valence-electron chi connectivity index (χ0n) is 13.0. The molecule has 2 N–H and O–H groups in total. The molecule has 0 aromatic rings. The third-order valence-electron chi connectivity index (χ3n) is 4.02. The molecule has 2 heterocycles. The van der Waals surface area contributed by atoms with Crippen LogP contribution in [0.15, 0.2) is 0 Å². The Bertz CT molecular complexity index is 415. The van der Waals surface area contributed by atoms with Crippen LogP contribution in [0.2, 0.25) is 0 Å². The van der Waals surface area contributed by atoms with Crippen LogP contribution in [0.4, 0.5) is 4.79 Å². The monoisotopic (exact) mass is 312 g/mol. The van der Waals surface area contributed by atoms with E-state index in [1.165, 1.54) is 7.05 Å². The van der Waals surface area contributed by atoms with E-state index in [4.69, 9.17) is 4.74 Å². The van der Waals surface area contributed by atoms with E-state index in [1.54, 1.807) is 0 Å². The van der Waals surface area contributed by atoms with Crippen LogP contribution >= 0.6 is 0 Å². The Morgan fingerprint density at radius 1 is 1.18 bits per heavy atom. The Morgan fingerprint density at radius 2 is 1.91 bits per heavy atom. The fourth-order valence-electron chi connectivity index (χ4n) is 2.68. The molecular formula is C14H24N4O4. The normalized spacial score (nSPS) is 22.4. The molecule has 1 atom stereocenters. The number of rotatable bonds is 4. The minimum Gasteiger partial charge on any atom is -0.368 e. The Morgan fingerprint density at radius 3 is 2.50 bits per heavy atom. The first-order valence-corrected chi connectivity index (χ1v) is 7.74. The van der Waals surface area contributed by atoms with Crippen molar-refractivity contribution in [2.24, 2.45) is 0 Å². The number of ether oxygens (including phenoxy) is 1. The molecule has 2 aliphatic heterocycles. The number of piperazine rings is 1. The van der Waals surface area contributed by atoms with Crippen molar-refractivity contribution in [3.8, 4) is 0 Å². The van der Waals surface area contributed by atoms with E-state index in [1.807, 2.05) is 4.90 Å². The third-order valence-corrected chi connectivity index (χ3v) is 4.02. The quantitative estimate of drug-likeness (QED) is 0.706. The molecule has 0 spiro atoms. The minimum absolute atomic E-state index is 0.0921. The van der Waals surface area contributed by atoms with Gasteiger partial charge in [-0.2, -0.15) is 0 Å². The second kappa shape index (κ2) is 8.09. The van der Waals surface area contributed by atoms with Crippen LogP contribution in [-0.2, 0) is 14.3 Å². The molecule has 4 amide bonds. The topological polar surface area (TPSA) is 91.0 Å². The van der Waals surface area contributed by atoms with Gasteiger partial charge in [0, 0.05) is 52.8 Å². The number of nitrogens with one attached hydrogen (secondary N) is 2.